The molecule has 0 spiro atoms. The normalized spacial score (nSPS) is 10.4. The maximum Gasteiger partial charge on any atom is 0.0314 e. The van der Waals surface area contributed by atoms with Gasteiger partial charge in [-0.25, -0.2) is 0 Å². The molecule has 2 N–H and O–H groups in total. The Labute approximate surface area is 131 Å². The summed E-state index contributed by atoms with van der Waals surface area (Å²) < 4.78 is 0. The van der Waals surface area contributed by atoms with Crippen LogP contribution >= 0.6 is 0 Å². The number of rotatable bonds is 2. The number of hydrogen-bond acceptors (Lipinski definition) is 1. The van der Waals surface area contributed by atoms with Crippen LogP contribution in [-0.2, 0) is 0 Å². The fraction of sp³-hybridized carbons (Fsp3) is 0.0476. The summed E-state index contributed by atoms with van der Waals surface area (Å²) in [5.74, 6) is 0. The largest absolute Gasteiger partial charge is 0.399 e. The van der Waals surface area contributed by atoms with Crippen LogP contribution in [0.3, 0.4) is 0 Å². The summed E-state index contributed by atoms with van der Waals surface area (Å²) in [7, 11) is 0. The monoisotopic (exact) mass is 285 g/mol. The first kappa shape index (κ1) is 14.2. The smallest absolute Gasteiger partial charge is 0.0314 e. The standard InChI is InChI=1S/C21H19N/c1-15-3-7-17(8-4-15)21(18-9-5-16(2)6-10-18)19-11-13-20(22)14-12-19/h3-14H,1,22H2,2H3. The van der Waals surface area contributed by atoms with Gasteiger partial charge < -0.3 is 5.73 Å². The fourth-order valence-electron chi connectivity index (χ4n) is 2.54. The third-order valence-electron chi connectivity index (χ3n) is 3.78. The Morgan fingerprint density at radius 1 is 0.727 bits per heavy atom. The van der Waals surface area contributed by atoms with E-state index in [1.807, 2.05) is 24.3 Å². The molecule has 3 aromatic rings. The molecule has 108 valence electrons. The van der Waals surface area contributed by atoms with Crippen molar-refractivity contribution in [2.24, 2.45) is 0 Å². The minimum Gasteiger partial charge on any atom is -0.399 e. The highest BCUT2D eigenvalue weighted by atomic mass is 14.5. The minimum absolute atomic E-state index is 0.778. The van der Waals surface area contributed by atoms with Crippen molar-refractivity contribution in [1.29, 1.82) is 0 Å². The van der Waals surface area contributed by atoms with Crippen molar-refractivity contribution in [3.05, 3.63) is 99.9 Å². The molecule has 0 aliphatic rings. The van der Waals surface area contributed by atoms with Crippen molar-refractivity contribution in [2.45, 2.75) is 6.92 Å². The molecule has 1 heteroatoms. The predicted molar refractivity (Wildman–Crippen MR) is 94.9 cm³/mol. The lowest BCUT2D eigenvalue weighted by Gasteiger charge is -2.10. The Kier molecular flexibility index (Phi) is 3.80. The maximum absolute atomic E-state index is 5.83. The molecule has 0 heterocycles. The molecule has 0 fully saturated rings. The molecule has 3 rings (SSSR count). The molecule has 0 radical (unpaired) electrons. The molecule has 0 aliphatic carbocycles. The maximum atomic E-state index is 5.83. The topological polar surface area (TPSA) is 26.0 Å². The van der Waals surface area contributed by atoms with Crippen LogP contribution in [0.15, 0.2) is 72.8 Å². The molecule has 0 saturated heterocycles. The van der Waals surface area contributed by atoms with E-state index >= 15 is 0 Å². The van der Waals surface area contributed by atoms with Gasteiger partial charge in [0.05, 0.1) is 0 Å². The summed E-state index contributed by atoms with van der Waals surface area (Å²) in [6.45, 7) is 6.07. The molecule has 0 unspecified atom stereocenters. The highest BCUT2D eigenvalue weighted by Crippen LogP contribution is 2.22. The summed E-state index contributed by atoms with van der Waals surface area (Å²) in [6, 6.07) is 25.0. The Hall–Kier alpha value is -2.80. The molecule has 3 aromatic carbocycles. The summed E-state index contributed by atoms with van der Waals surface area (Å²) in [6.07, 6.45) is 0. The molecule has 0 aliphatic heterocycles. The first-order chi connectivity index (χ1) is 10.6. The number of benzene rings is 3. The second-order valence-corrected chi connectivity index (χ2v) is 5.56. The van der Waals surface area contributed by atoms with Crippen molar-refractivity contribution in [1.82, 2.24) is 0 Å². The van der Waals surface area contributed by atoms with Crippen molar-refractivity contribution < 1.29 is 0 Å². The highest BCUT2D eigenvalue weighted by Gasteiger charge is 2.06. The summed E-state index contributed by atoms with van der Waals surface area (Å²) in [5, 5.41) is 2.20. The van der Waals surface area contributed by atoms with Gasteiger partial charge in [0.25, 0.3) is 0 Å². The van der Waals surface area contributed by atoms with Crippen molar-refractivity contribution in [2.75, 3.05) is 5.73 Å². The van der Waals surface area contributed by atoms with Gasteiger partial charge in [0.1, 0.15) is 0 Å². The van der Waals surface area contributed by atoms with Gasteiger partial charge in [-0.1, -0.05) is 72.8 Å². The molecule has 1 nitrogen and oxygen atoms in total. The number of nitrogen functional groups attached to an aromatic ring is 1. The van der Waals surface area contributed by atoms with Crippen LogP contribution in [0.4, 0.5) is 5.69 Å². The van der Waals surface area contributed by atoms with E-state index in [0.717, 1.165) is 16.5 Å². The van der Waals surface area contributed by atoms with Crippen LogP contribution < -0.4 is 16.2 Å². The van der Waals surface area contributed by atoms with Crippen molar-refractivity contribution in [3.8, 4) is 0 Å². The first-order valence-electron chi connectivity index (χ1n) is 7.36. The summed E-state index contributed by atoms with van der Waals surface area (Å²) in [4.78, 5) is 0. The van der Waals surface area contributed by atoms with Gasteiger partial charge in [-0.05, 0) is 46.2 Å². The van der Waals surface area contributed by atoms with Gasteiger partial charge in [0.2, 0.25) is 0 Å². The molecular formula is C21H19N. The lowest BCUT2D eigenvalue weighted by atomic mass is 9.94. The predicted octanol–water partition coefficient (Wildman–Crippen LogP) is 3.23. The number of aryl methyl sites for hydroxylation is 1. The van der Waals surface area contributed by atoms with E-state index < -0.39 is 0 Å². The van der Waals surface area contributed by atoms with Gasteiger partial charge in [0, 0.05) is 5.69 Å². The Morgan fingerprint density at radius 2 is 1.23 bits per heavy atom. The van der Waals surface area contributed by atoms with Gasteiger partial charge >= 0.3 is 0 Å². The number of anilines is 1. The molecule has 0 atom stereocenters. The van der Waals surface area contributed by atoms with Gasteiger partial charge in [-0.3, -0.25) is 0 Å². The molecule has 0 saturated carbocycles. The SMILES string of the molecule is C=c1ccc(=C(c2ccc(C)cc2)c2ccc(N)cc2)cc1. The zero-order valence-corrected chi connectivity index (χ0v) is 12.7. The van der Waals surface area contributed by atoms with Gasteiger partial charge in [-0.15, -0.1) is 0 Å². The van der Waals surface area contributed by atoms with Gasteiger partial charge in [-0.2, -0.15) is 0 Å². The molecule has 22 heavy (non-hydrogen) atoms. The Morgan fingerprint density at radius 3 is 1.77 bits per heavy atom. The van der Waals surface area contributed by atoms with E-state index in [-0.39, 0.29) is 0 Å². The number of hydrogen-bond donors (Lipinski definition) is 1. The Balaban J connectivity index is 2.29. The minimum atomic E-state index is 0.778. The van der Waals surface area contributed by atoms with E-state index in [2.05, 4.69) is 62.0 Å². The van der Waals surface area contributed by atoms with Crippen LogP contribution in [0.25, 0.3) is 12.2 Å². The van der Waals surface area contributed by atoms with Crippen LogP contribution in [0.5, 0.6) is 0 Å². The van der Waals surface area contributed by atoms with Gasteiger partial charge in [0.15, 0.2) is 0 Å². The number of nitrogens with two attached hydrogens (primary N) is 1. The van der Waals surface area contributed by atoms with Crippen molar-refractivity contribution >= 4 is 17.8 Å². The quantitative estimate of drug-likeness (QED) is 0.719. The van der Waals surface area contributed by atoms with E-state index in [1.165, 1.54) is 21.9 Å². The molecule has 0 amide bonds. The van der Waals surface area contributed by atoms with E-state index in [4.69, 9.17) is 5.73 Å². The fourth-order valence-corrected chi connectivity index (χ4v) is 2.54. The molecule has 0 bridgehead atoms. The third kappa shape index (κ3) is 2.94. The average Bonchev–Trinajstić information content (AvgIpc) is 2.53. The summed E-state index contributed by atoms with van der Waals surface area (Å²) >= 11 is 0. The zero-order valence-electron chi connectivity index (χ0n) is 12.7. The Bertz CT molecular complexity index is 817. The summed E-state index contributed by atoms with van der Waals surface area (Å²) in [5.41, 5.74) is 11.4. The van der Waals surface area contributed by atoms with E-state index in [0.29, 0.717) is 0 Å². The zero-order chi connectivity index (χ0) is 15.5. The highest BCUT2D eigenvalue weighted by molar-refractivity contribution is 5.80. The van der Waals surface area contributed by atoms with Crippen LogP contribution in [0, 0.1) is 6.92 Å². The second-order valence-electron chi connectivity index (χ2n) is 5.56. The molecular weight excluding hydrogens is 266 g/mol. The average molecular weight is 285 g/mol. The molecule has 0 aromatic heterocycles. The van der Waals surface area contributed by atoms with Crippen LogP contribution in [0.2, 0.25) is 0 Å². The van der Waals surface area contributed by atoms with E-state index in [1.54, 1.807) is 0 Å². The van der Waals surface area contributed by atoms with Crippen LogP contribution in [0.1, 0.15) is 16.7 Å². The third-order valence-corrected chi connectivity index (χ3v) is 3.78. The van der Waals surface area contributed by atoms with Crippen LogP contribution in [-0.4, -0.2) is 0 Å². The van der Waals surface area contributed by atoms with E-state index in [9.17, 15) is 0 Å². The lowest BCUT2D eigenvalue weighted by Crippen LogP contribution is -2.11. The lowest BCUT2D eigenvalue weighted by molar-refractivity contribution is 1.42. The second kappa shape index (κ2) is 5.90. The van der Waals surface area contributed by atoms with Crippen molar-refractivity contribution in [3.63, 3.8) is 0 Å². The first-order valence-corrected chi connectivity index (χ1v) is 7.36.